The molecule has 4 atom stereocenters. The zero-order valence-corrected chi connectivity index (χ0v) is 24.0. The van der Waals surface area contributed by atoms with E-state index in [0.717, 1.165) is 5.57 Å². The number of allylic oxidation sites excluding steroid dienone is 2. The third kappa shape index (κ3) is 9.09. The molecule has 0 amide bonds. The summed E-state index contributed by atoms with van der Waals surface area (Å²) >= 11 is 0. The van der Waals surface area contributed by atoms with Gasteiger partial charge < -0.3 is 19.1 Å². The largest absolute Gasteiger partial charge is 0.413 e. The van der Waals surface area contributed by atoms with E-state index in [9.17, 15) is 10.2 Å². The van der Waals surface area contributed by atoms with Gasteiger partial charge in [0.25, 0.3) is 0 Å². The number of hydrogen-bond donors (Lipinski definition) is 2. The summed E-state index contributed by atoms with van der Waals surface area (Å²) in [6.07, 6.45) is 4.31. The highest BCUT2D eigenvalue weighted by Gasteiger charge is 2.41. The Morgan fingerprint density at radius 3 is 1.77 bits per heavy atom. The molecule has 0 aromatic rings. The molecule has 30 heavy (non-hydrogen) atoms. The molecule has 0 fully saturated rings. The lowest BCUT2D eigenvalue weighted by molar-refractivity contribution is -0.0299. The van der Waals surface area contributed by atoms with Crippen molar-refractivity contribution in [2.24, 2.45) is 5.92 Å². The van der Waals surface area contributed by atoms with Crippen LogP contribution in [0.1, 0.15) is 62.3 Å². The second kappa shape index (κ2) is 11.1. The fourth-order valence-corrected chi connectivity index (χ4v) is 4.73. The van der Waals surface area contributed by atoms with Crippen LogP contribution in [0.15, 0.2) is 23.8 Å². The lowest BCUT2D eigenvalue weighted by Crippen LogP contribution is -2.47. The Labute approximate surface area is 189 Å². The molecule has 0 saturated carbocycles. The van der Waals surface area contributed by atoms with Crippen molar-refractivity contribution in [1.29, 1.82) is 0 Å². The number of aliphatic hydroxyl groups is 2. The van der Waals surface area contributed by atoms with Crippen LogP contribution in [0.5, 0.6) is 0 Å². The van der Waals surface area contributed by atoms with E-state index in [1.54, 1.807) is 6.92 Å². The highest BCUT2D eigenvalue weighted by atomic mass is 28.4. The highest BCUT2D eigenvalue weighted by molar-refractivity contribution is 6.74. The zero-order valence-electron chi connectivity index (χ0n) is 22.0. The predicted molar refractivity (Wildman–Crippen MR) is 135 cm³/mol. The van der Waals surface area contributed by atoms with Gasteiger partial charge in [-0.05, 0) is 50.1 Å². The first kappa shape index (κ1) is 29.8. The fourth-order valence-electron chi connectivity index (χ4n) is 2.47. The molecule has 0 aliphatic heterocycles. The first-order valence-corrected chi connectivity index (χ1v) is 17.1. The summed E-state index contributed by atoms with van der Waals surface area (Å²) in [4.78, 5) is 0. The van der Waals surface area contributed by atoms with Gasteiger partial charge in [0, 0.05) is 5.92 Å². The van der Waals surface area contributed by atoms with Crippen LogP contribution in [0.4, 0.5) is 0 Å². The van der Waals surface area contributed by atoms with E-state index < -0.39 is 28.8 Å². The minimum atomic E-state index is -2.04. The van der Waals surface area contributed by atoms with Crippen molar-refractivity contribution in [3.05, 3.63) is 23.8 Å². The molecule has 4 nitrogen and oxygen atoms in total. The maximum Gasteiger partial charge on any atom is 0.192 e. The second-order valence-corrected chi connectivity index (χ2v) is 21.4. The van der Waals surface area contributed by atoms with Gasteiger partial charge >= 0.3 is 0 Å². The van der Waals surface area contributed by atoms with Crippen LogP contribution < -0.4 is 0 Å². The van der Waals surface area contributed by atoms with Crippen LogP contribution in [0.25, 0.3) is 0 Å². The Bertz CT molecular complexity index is 581. The molecule has 0 aromatic heterocycles. The molecule has 0 bridgehead atoms. The van der Waals surface area contributed by atoms with Gasteiger partial charge in [0.1, 0.15) is 0 Å². The Morgan fingerprint density at radius 2 is 1.37 bits per heavy atom. The van der Waals surface area contributed by atoms with Crippen LogP contribution in [0.2, 0.25) is 36.3 Å². The van der Waals surface area contributed by atoms with Gasteiger partial charge in [0.2, 0.25) is 0 Å². The predicted octanol–water partition coefficient (Wildman–Crippen LogP) is 6.28. The van der Waals surface area contributed by atoms with Gasteiger partial charge in [-0.15, -0.1) is 0 Å². The molecule has 0 saturated heterocycles. The van der Waals surface area contributed by atoms with E-state index in [-0.39, 0.29) is 22.1 Å². The molecule has 0 heterocycles. The Balaban J connectivity index is 5.48. The molecule has 178 valence electrons. The van der Waals surface area contributed by atoms with Crippen molar-refractivity contribution in [2.45, 2.75) is 117 Å². The summed E-state index contributed by atoms with van der Waals surface area (Å²) in [6, 6.07) is 0. The SMILES string of the molecule is CC(/C=C/CO[Si](C)(C)C(C)(C)C)=C\[C@@H](O[Si](C)(C)C(C)(C)C)[C@@H](C)[C@@H](O)[C@H](C)O. The molecular weight excluding hydrogens is 408 g/mol. The van der Waals surface area contributed by atoms with Gasteiger partial charge in [-0.2, -0.15) is 0 Å². The van der Waals surface area contributed by atoms with E-state index >= 15 is 0 Å². The number of rotatable bonds is 10. The quantitative estimate of drug-likeness (QED) is 0.299. The molecule has 0 aliphatic carbocycles. The van der Waals surface area contributed by atoms with Crippen molar-refractivity contribution < 1.29 is 19.1 Å². The van der Waals surface area contributed by atoms with Crippen molar-refractivity contribution in [3.8, 4) is 0 Å². The maximum absolute atomic E-state index is 10.5. The standard InChI is InChI=1S/C24H50O4Si2/c1-18(15-14-16-27-29(10,11)23(4,5)6)17-21(19(2)22(26)20(3)25)28-30(12,13)24(7,8)9/h14-15,17,19-22,25-26H,16H2,1-13H3/b15-14+,18-17+/t19-,20+,21-,22-/m1/s1. The fraction of sp³-hybridized carbons (Fsp3) is 0.833. The second-order valence-electron chi connectivity index (χ2n) is 11.8. The molecule has 0 unspecified atom stereocenters. The molecule has 0 aromatic carbocycles. The monoisotopic (exact) mass is 458 g/mol. The van der Waals surface area contributed by atoms with Crippen molar-refractivity contribution in [1.82, 2.24) is 0 Å². The number of aliphatic hydroxyl groups excluding tert-OH is 2. The Morgan fingerprint density at radius 1 is 0.900 bits per heavy atom. The van der Waals surface area contributed by atoms with E-state index in [4.69, 9.17) is 8.85 Å². The zero-order chi connectivity index (χ0) is 24.1. The van der Waals surface area contributed by atoms with E-state index in [0.29, 0.717) is 6.61 Å². The maximum atomic E-state index is 10.5. The van der Waals surface area contributed by atoms with Gasteiger partial charge in [0.05, 0.1) is 24.9 Å². The third-order valence-electron chi connectivity index (χ3n) is 6.94. The first-order chi connectivity index (χ1) is 13.2. The van der Waals surface area contributed by atoms with Gasteiger partial charge in [-0.3, -0.25) is 0 Å². The molecule has 0 aliphatic rings. The topological polar surface area (TPSA) is 58.9 Å². The number of hydrogen-bond acceptors (Lipinski definition) is 4. The normalized spacial score (nSPS) is 19.1. The van der Waals surface area contributed by atoms with Crippen LogP contribution >= 0.6 is 0 Å². The Kier molecular flexibility index (Phi) is 11.0. The van der Waals surface area contributed by atoms with Crippen LogP contribution in [-0.2, 0) is 8.85 Å². The molecule has 0 radical (unpaired) electrons. The van der Waals surface area contributed by atoms with E-state index in [2.05, 4.69) is 86.0 Å². The molecule has 0 rings (SSSR count). The lowest BCUT2D eigenvalue weighted by atomic mass is 9.93. The molecule has 0 spiro atoms. The average molecular weight is 459 g/mol. The summed E-state index contributed by atoms with van der Waals surface area (Å²) in [5.41, 5.74) is 1.07. The smallest absolute Gasteiger partial charge is 0.192 e. The summed E-state index contributed by atoms with van der Waals surface area (Å²) in [7, 11) is -3.80. The summed E-state index contributed by atoms with van der Waals surface area (Å²) in [6.45, 7) is 28.5. The van der Waals surface area contributed by atoms with Crippen LogP contribution in [0, 0.1) is 5.92 Å². The summed E-state index contributed by atoms with van der Waals surface area (Å²) < 4.78 is 12.9. The van der Waals surface area contributed by atoms with E-state index in [1.807, 2.05) is 13.8 Å². The highest BCUT2D eigenvalue weighted by Crippen LogP contribution is 2.39. The minimum absolute atomic E-state index is 0.0648. The summed E-state index contributed by atoms with van der Waals surface area (Å²) in [5, 5.41) is 20.6. The average Bonchev–Trinajstić information content (AvgIpc) is 2.54. The molecular formula is C24H50O4Si2. The van der Waals surface area contributed by atoms with Gasteiger partial charge in [-0.1, -0.05) is 72.3 Å². The van der Waals surface area contributed by atoms with Crippen molar-refractivity contribution >= 4 is 16.6 Å². The van der Waals surface area contributed by atoms with Gasteiger partial charge in [0.15, 0.2) is 16.6 Å². The summed E-state index contributed by atoms with van der Waals surface area (Å²) in [5.74, 6) is -0.217. The third-order valence-corrected chi connectivity index (χ3v) is 15.9. The minimum Gasteiger partial charge on any atom is -0.413 e. The van der Waals surface area contributed by atoms with Gasteiger partial charge in [-0.25, -0.2) is 0 Å². The molecule has 6 heteroatoms. The molecule has 2 N–H and O–H groups in total. The van der Waals surface area contributed by atoms with Crippen LogP contribution in [0.3, 0.4) is 0 Å². The van der Waals surface area contributed by atoms with E-state index in [1.165, 1.54) is 0 Å². The first-order valence-electron chi connectivity index (χ1n) is 11.3. The Hall–Kier alpha value is -0.246. The lowest BCUT2D eigenvalue weighted by Gasteiger charge is -2.41. The van der Waals surface area contributed by atoms with Crippen molar-refractivity contribution in [3.63, 3.8) is 0 Å². The van der Waals surface area contributed by atoms with Crippen molar-refractivity contribution in [2.75, 3.05) is 6.61 Å². The van der Waals surface area contributed by atoms with Crippen LogP contribution in [-0.4, -0.2) is 51.8 Å².